The Kier molecular flexibility index (Phi) is 4.48. The van der Waals surface area contributed by atoms with E-state index in [-0.39, 0.29) is 11.6 Å². The fourth-order valence-corrected chi connectivity index (χ4v) is 2.30. The lowest BCUT2D eigenvalue weighted by molar-refractivity contribution is 0.0935. The molecule has 2 rings (SSSR count). The van der Waals surface area contributed by atoms with Crippen LogP contribution in [0, 0.1) is 12.7 Å². The van der Waals surface area contributed by atoms with E-state index < -0.39 is 11.7 Å². The van der Waals surface area contributed by atoms with Crippen LogP contribution in [-0.4, -0.2) is 5.91 Å². The first kappa shape index (κ1) is 15.3. The molecule has 0 aliphatic heterocycles. The summed E-state index contributed by atoms with van der Waals surface area (Å²) in [5.74, 6) is -1.06. The van der Waals surface area contributed by atoms with Gasteiger partial charge in [0.15, 0.2) is 0 Å². The largest absolute Gasteiger partial charge is 0.399 e. The van der Waals surface area contributed by atoms with E-state index in [4.69, 9.17) is 17.3 Å². The lowest BCUT2D eigenvalue weighted by atomic mass is 10.1. The monoisotopic (exact) mass is 306 g/mol. The Labute approximate surface area is 127 Å². The van der Waals surface area contributed by atoms with Crippen LogP contribution < -0.4 is 11.1 Å². The lowest BCUT2D eigenvalue weighted by Crippen LogP contribution is -2.27. The number of carbonyl (C=O) groups excluding carboxylic acids is 1. The van der Waals surface area contributed by atoms with Crippen LogP contribution in [0.1, 0.15) is 34.5 Å². The zero-order valence-corrected chi connectivity index (χ0v) is 12.5. The van der Waals surface area contributed by atoms with Crippen LogP contribution in [-0.2, 0) is 0 Å². The van der Waals surface area contributed by atoms with Crippen molar-refractivity contribution in [3.8, 4) is 0 Å². The summed E-state index contributed by atoms with van der Waals surface area (Å²) in [6.45, 7) is 3.38. The van der Waals surface area contributed by atoms with Gasteiger partial charge in [0.1, 0.15) is 5.82 Å². The van der Waals surface area contributed by atoms with Gasteiger partial charge in [-0.25, -0.2) is 4.39 Å². The molecule has 0 aromatic heterocycles. The van der Waals surface area contributed by atoms with Gasteiger partial charge in [-0.1, -0.05) is 23.7 Å². The molecule has 0 heterocycles. The maximum absolute atomic E-state index is 14.0. The van der Waals surface area contributed by atoms with Gasteiger partial charge in [-0.2, -0.15) is 0 Å². The number of nitrogen functional groups attached to an aromatic ring is 1. The number of rotatable bonds is 3. The highest BCUT2D eigenvalue weighted by molar-refractivity contribution is 6.30. The zero-order valence-electron chi connectivity index (χ0n) is 11.8. The molecule has 21 heavy (non-hydrogen) atoms. The predicted octanol–water partition coefficient (Wildman–Crippen LogP) is 3.86. The lowest BCUT2D eigenvalue weighted by Gasteiger charge is -2.15. The number of nitrogens with one attached hydrogen (secondary N) is 1. The first-order valence-corrected chi connectivity index (χ1v) is 6.88. The van der Waals surface area contributed by atoms with Gasteiger partial charge in [0.05, 0.1) is 11.6 Å². The van der Waals surface area contributed by atoms with Gasteiger partial charge in [0.25, 0.3) is 5.91 Å². The molecule has 5 heteroatoms. The fraction of sp³-hybridized carbons (Fsp3) is 0.188. The van der Waals surface area contributed by atoms with Gasteiger partial charge >= 0.3 is 0 Å². The third kappa shape index (κ3) is 3.52. The van der Waals surface area contributed by atoms with E-state index >= 15 is 0 Å². The Hall–Kier alpha value is -2.07. The molecule has 1 amide bonds. The van der Waals surface area contributed by atoms with Crippen LogP contribution in [0.4, 0.5) is 10.1 Å². The normalized spacial score (nSPS) is 12.0. The summed E-state index contributed by atoms with van der Waals surface area (Å²) < 4.78 is 14.0. The number of hydrogen-bond donors (Lipinski definition) is 2. The van der Waals surface area contributed by atoms with Crippen LogP contribution in [0.5, 0.6) is 0 Å². The molecule has 110 valence electrons. The third-order valence-corrected chi connectivity index (χ3v) is 3.45. The van der Waals surface area contributed by atoms with Gasteiger partial charge in [0.2, 0.25) is 0 Å². The van der Waals surface area contributed by atoms with E-state index in [0.717, 1.165) is 5.56 Å². The minimum Gasteiger partial charge on any atom is -0.399 e. The average Bonchev–Trinajstić information content (AvgIpc) is 2.42. The van der Waals surface area contributed by atoms with Gasteiger partial charge in [-0.05, 0) is 49.2 Å². The number of carbonyl (C=O) groups is 1. The second-order valence-corrected chi connectivity index (χ2v) is 5.39. The van der Waals surface area contributed by atoms with Gasteiger partial charge in [-0.15, -0.1) is 0 Å². The second-order valence-electron chi connectivity index (χ2n) is 4.95. The Morgan fingerprint density at radius 3 is 2.71 bits per heavy atom. The van der Waals surface area contributed by atoms with Crippen LogP contribution in [0.15, 0.2) is 36.4 Å². The number of aryl methyl sites for hydroxylation is 1. The van der Waals surface area contributed by atoms with E-state index in [1.165, 1.54) is 12.1 Å². The summed E-state index contributed by atoms with van der Waals surface area (Å²) in [5, 5.41) is 3.32. The Balaban J connectivity index is 2.22. The molecule has 3 nitrogen and oxygen atoms in total. The maximum Gasteiger partial charge on any atom is 0.254 e. The first-order chi connectivity index (χ1) is 9.88. The molecule has 0 aliphatic carbocycles. The second kappa shape index (κ2) is 6.14. The molecule has 0 aliphatic rings. The molecule has 3 N–H and O–H groups in total. The molecule has 0 saturated heterocycles. The summed E-state index contributed by atoms with van der Waals surface area (Å²) in [4.78, 5) is 12.2. The number of amides is 1. The van der Waals surface area contributed by atoms with Crippen molar-refractivity contribution in [3.63, 3.8) is 0 Å². The first-order valence-electron chi connectivity index (χ1n) is 6.50. The smallest absolute Gasteiger partial charge is 0.254 e. The number of benzene rings is 2. The highest BCUT2D eigenvalue weighted by atomic mass is 35.5. The molecule has 2 aromatic rings. The zero-order chi connectivity index (χ0) is 15.6. The number of halogens is 2. The molecule has 0 bridgehead atoms. The molecular weight excluding hydrogens is 291 g/mol. The van der Waals surface area contributed by atoms with Crippen molar-refractivity contribution in [3.05, 3.63) is 63.9 Å². The van der Waals surface area contributed by atoms with E-state index in [9.17, 15) is 9.18 Å². The Morgan fingerprint density at radius 2 is 2.05 bits per heavy atom. The standard InChI is InChI=1S/C16H16ClFN2O/c1-9-6-13(19)8-14(15(9)18)16(21)20-10(2)11-4-3-5-12(17)7-11/h3-8,10H,19H2,1-2H3,(H,20,21). The van der Waals surface area contributed by atoms with Crippen molar-refractivity contribution < 1.29 is 9.18 Å². The minimum absolute atomic E-state index is 0.0543. The molecule has 0 radical (unpaired) electrons. The van der Waals surface area contributed by atoms with Crippen molar-refractivity contribution >= 4 is 23.2 Å². The van der Waals surface area contributed by atoms with Crippen molar-refractivity contribution in [2.45, 2.75) is 19.9 Å². The highest BCUT2D eigenvalue weighted by Gasteiger charge is 2.17. The summed E-state index contributed by atoms with van der Waals surface area (Å²) >= 11 is 5.92. The maximum atomic E-state index is 14.0. The van der Waals surface area contributed by atoms with Crippen molar-refractivity contribution in [1.29, 1.82) is 0 Å². The van der Waals surface area contributed by atoms with Crippen LogP contribution in [0.25, 0.3) is 0 Å². The highest BCUT2D eigenvalue weighted by Crippen LogP contribution is 2.20. The third-order valence-electron chi connectivity index (χ3n) is 3.22. The summed E-state index contributed by atoms with van der Waals surface area (Å²) in [6.07, 6.45) is 0. The summed E-state index contributed by atoms with van der Waals surface area (Å²) in [6, 6.07) is 9.68. The molecule has 0 spiro atoms. The van der Waals surface area contributed by atoms with Crippen molar-refractivity contribution in [2.75, 3.05) is 5.73 Å². The topological polar surface area (TPSA) is 55.1 Å². The van der Waals surface area contributed by atoms with Crippen LogP contribution in [0.3, 0.4) is 0 Å². The number of hydrogen-bond acceptors (Lipinski definition) is 2. The SMILES string of the molecule is Cc1cc(N)cc(C(=O)NC(C)c2cccc(Cl)c2)c1F. The Morgan fingerprint density at radius 1 is 1.33 bits per heavy atom. The van der Waals surface area contributed by atoms with Crippen LogP contribution >= 0.6 is 11.6 Å². The molecule has 0 saturated carbocycles. The van der Waals surface area contributed by atoms with Gasteiger partial charge < -0.3 is 11.1 Å². The van der Waals surface area contributed by atoms with Crippen molar-refractivity contribution in [1.82, 2.24) is 5.32 Å². The van der Waals surface area contributed by atoms with E-state index in [0.29, 0.717) is 16.3 Å². The van der Waals surface area contributed by atoms with E-state index in [2.05, 4.69) is 5.32 Å². The molecular formula is C16H16ClFN2O. The van der Waals surface area contributed by atoms with E-state index in [1.54, 1.807) is 32.0 Å². The Bertz CT molecular complexity index is 688. The average molecular weight is 307 g/mol. The molecule has 1 unspecified atom stereocenters. The summed E-state index contributed by atoms with van der Waals surface area (Å²) in [5.41, 5.74) is 7.15. The quantitative estimate of drug-likeness (QED) is 0.846. The molecule has 0 fully saturated rings. The van der Waals surface area contributed by atoms with Gasteiger partial charge in [0, 0.05) is 10.7 Å². The van der Waals surface area contributed by atoms with Crippen LogP contribution in [0.2, 0.25) is 5.02 Å². The predicted molar refractivity (Wildman–Crippen MR) is 82.9 cm³/mol. The fourth-order valence-electron chi connectivity index (χ4n) is 2.10. The molecule has 2 aromatic carbocycles. The van der Waals surface area contributed by atoms with Crippen molar-refractivity contribution in [2.24, 2.45) is 0 Å². The van der Waals surface area contributed by atoms with E-state index in [1.807, 2.05) is 6.07 Å². The summed E-state index contributed by atoms with van der Waals surface area (Å²) in [7, 11) is 0. The number of anilines is 1. The minimum atomic E-state index is -0.556. The number of nitrogens with two attached hydrogens (primary N) is 1. The van der Waals surface area contributed by atoms with Gasteiger partial charge in [-0.3, -0.25) is 4.79 Å². The molecule has 1 atom stereocenters.